The highest BCUT2D eigenvalue weighted by Crippen LogP contribution is 2.27. The summed E-state index contributed by atoms with van der Waals surface area (Å²) < 4.78 is 1.57. The van der Waals surface area contributed by atoms with E-state index in [-0.39, 0.29) is 0 Å². The monoisotopic (exact) mass is 259 g/mol. The smallest absolute Gasteiger partial charge is 0.127 e. The minimum atomic E-state index is -0.721. The van der Waals surface area contributed by atoms with Gasteiger partial charge in [-0.15, -0.1) is 0 Å². The minimum Gasteiger partial charge on any atom is -0.384 e. The number of hydrogen-bond acceptors (Lipinski definition) is 3. The molecule has 4 heteroatoms. The number of nitrogens with two attached hydrogens (primary N) is 1. The van der Waals surface area contributed by atoms with Crippen LogP contribution < -0.4 is 5.73 Å². The Kier molecular flexibility index (Phi) is 3.90. The van der Waals surface area contributed by atoms with E-state index in [1.54, 1.807) is 17.9 Å². The highest BCUT2D eigenvalue weighted by Gasteiger charge is 2.17. The van der Waals surface area contributed by atoms with Crippen molar-refractivity contribution in [1.82, 2.24) is 9.78 Å². The van der Waals surface area contributed by atoms with Gasteiger partial charge in [-0.05, 0) is 23.5 Å². The Labute approximate surface area is 113 Å². The Balaban J connectivity index is 2.28. The fourth-order valence-corrected chi connectivity index (χ4v) is 2.22. The minimum absolute atomic E-state index is 0.502. The summed E-state index contributed by atoms with van der Waals surface area (Å²) >= 11 is 0. The Morgan fingerprint density at radius 1 is 1.37 bits per heavy atom. The lowest BCUT2D eigenvalue weighted by molar-refractivity contribution is 0.221. The summed E-state index contributed by atoms with van der Waals surface area (Å²) in [6.07, 6.45) is 1.90. The Morgan fingerprint density at radius 3 is 2.68 bits per heavy atom. The van der Waals surface area contributed by atoms with Gasteiger partial charge in [-0.3, -0.25) is 4.68 Å². The molecule has 0 aliphatic rings. The molecule has 2 rings (SSSR count). The largest absolute Gasteiger partial charge is 0.384 e. The molecule has 4 nitrogen and oxygen atoms in total. The quantitative estimate of drug-likeness (QED) is 0.885. The molecular weight excluding hydrogens is 238 g/mol. The lowest BCUT2D eigenvalue weighted by Gasteiger charge is -2.13. The Hall–Kier alpha value is -1.81. The number of aliphatic hydroxyl groups excluding tert-OH is 1. The zero-order valence-electron chi connectivity index (χ0n) is 11.7. The topological polar surface area (TPSA) is 64.1 Å². The number of aryl methyl sites for hydroxylation is 1. The number of nitrogens with zero attached hydrogens (tertiary/aromatic N) is 2. The standard InChI is InChI=1S/C15H21N3O/c1-10(2)7-11-5-4-6-12(8-11)14(19)13-9-17-18(3)15(13)16/h4-6,8-10,14,19H,7,16H2,1-3H3. The van der Waals surface area contributed by atoms with Crippen molar-refractivity contribution in [3.05, 3.63) is 47.2 Å². The molecule has 1 unspecified atom stereocenters. The summed E-state index contributed by atoms with van der Waals surface area (Å²) in [6.45, 7) is 4.37. The van der Waals surface area contributed by atoms with Crippen LogP contribution in [0.25, 0.3) is 0 Å². The van der Waals surface area contributed by atoms with Crippen molar-refractivity contribution in [3.8, 4) is 0 Å². The summed E-state index contributed by atoms with van der Waals surface area (Å²) in [5, 5.41) is 14.5. The van der Waals surface area contributed by atoms with E-state index in [1.807, 2.05) is 18.2 Å². The van der Waals surface area contributed by atoms with Crippen LogP contribution in [0.1, 0.15) is 36.6 Å². The Bertz CT molecular complexity index is 560. The first-order valence-electron chi connectivity index (χ1n) is 6.53. The second-order valence-electron chi connectivity index (χ2n) is 5.35. The molecule has 0 aliphatic heterocycles. The zero-order valence-corrected chi connectivity index (χ0v) is 11.7. The molecule has 1 heterocycles. The molecule has 0 amide bonds. The summed E-state index contributed by atoms with van der Waals surface area (Å²) in [5.74, 6) is 1.10. The van der Waals surface area contributed by atoms with Crippen molar-refractivity contribution < 1.29 is 5.11 Å². The van der Waals surface area contributed by atoms with Gasteiger partial charge in [-0.25, -0.2) is 0 Å². The van der Waals surface area contributed by atoms with Crippen molar-refractivity contribution in [2.45, 2.75) is 26.4 Å². The van der Waals surface area contributed by atoms with Crippen molar-refractivity contribution in [3.63, 3.8) is 0 Å². The molecule has 1 aromatic carbocycles. The molecule has 0 bridgehead atoms. The van der Waals surface area contributed by atoms with Crippen molar-refractivity contribution >= 4 is 5.82 Å². The van der Waals surface area contributed by atoms with Crippen LogP contribution in [-0.2, 0) is 13.5 Å². The number of anilines is 1. The second-order valence-corrected chi connectivity index (χ2v) is 5.35. The fraction of sp³-hybridized carbons (Fsp3) is 0.400. The average Bonchev–Trinajstić information content (AvgIpc) is 2.69. The summed E-state index contributed by atoms with van der Waals surface area (Å²) in [7, 11) is 1.76. The van der Waals surface area contributed by atoms with E-state index in [9.17, 15) is 5.11 Å². The normalized spacial score (nSPS) is 12.9. The fourth-order valence-electron chi connectivity index (χ4n) is 2.22. The van der Waals surface area contributed by atoms with Gasteiger partial charge < -0.3 is 10.8 Å². The van der Waals surface area contributed by atoms with Crippen LogP contribution >= 0.6 is 0 Å². The van der Waals surface area contributed by atoms with Gasteiger partial charge in [-0.2, -0.15) is 5.10 Å². The first-order valence-corrected chi connectivity index (χ1v) is 6.53. The lowest BCUT2D eigenvalue weighted by atomic mass is 9.97. The van der Waals surface area contributed by atoms with E-state index in [2.05, 4.69) is 25.0 Å². The van der Waals surface area contributed by atoms with Crippen LogP contribution in [-0.4, -0.2) is 14.9 Å². The molecule has 0 fully saturated rings. The second kappa shape index (κ2) is 5.45. The van der Waals surface area contributed by atoms with Gasteiger partial charge in [0.15, 0.2) is 0 Å². The SMILES string of the molecule is CC(C)Cc1cccc(C(O)c2cnn(C)c2N)c1. The lowest BCUT2D eigenvalue weighted by Crippen LogP contribution is -2.05. The van der Waals surface area contributed by atoms with E-state index in [4.69, 9.17) is 5.73 Å². The van der Waals surface area contributed by atoms with Crippen LogP contribution in [0.5, 0.6) is 0 Å². The summed E-state index contributed by atoms with van der Waals surface area (Å²) in [5.41, 5.74) is 8.65. The van der Waals surface area contributed by atoms with Crippen LogP contribution in [0.2, 0.25) is 0 Å². The maximum Gasteiger partial charge on any atom is 0.127 e. The van der Waals surface area contributed by atoms with E-state index in [0.717, 1.165) is 12.0 Å². The Morgan fingerprint density at radius 2 is 2.11 bits per heavy atom. The number of aromatic nitrogens is 2. The molecule has 0 saturated heterocycles. The molecule has 0 radical (unpaired) electrons. The van der Waals surface area contributed by atoms with E-state index in [1.165, 1.54) is 5.56 Å². The third kappa shape index (κ3) is 2.96. The van der Waals surface area contributed by atoms with Crippen molar-refractivity contribution in [2.24, 2.45) is 13.0 Å². The summed E-state index contributed by atoms with van der Waals surface area (Å²) in [4.78, 5) is 0. The molecule has 3 N–H and O–H groups in total. The number of benzene rings is 1. The van der Waals surface area contributed by atoms with Crippen LogP contribution in [0, 0.1) is 5.92 Å². The molecular formula is C15H21N3O. The van der Waals surface area contributed by atoms with Crippen molar-refractivity contribution in [2.75, 3.05) is 5.73 Å². The van der Waals surface area contributed by atoms with Gasteiger partial charge in [0.1, 0.15) is 11.9 Å². The number of rotatable bonds is 4. The predicted molar refractivity (Wildman–Crippen MR) is 76.7 cm³/mol. The molecule has 102 valence electrons. The van der Waals surface area contributed by atoms with Gasteiger partial charge in [0.2, 0.25) is 0 Å². The van der Waals surface area contributed by atoms with Gasteiger partial charge >= 0.3 is 0 Å². The first kappa shape index (κ1) is 13.6. The van der Waals surface area contributed by atoms with Crippen LogP contribution in [0.15, 0.2) is 30.5 Å². The third-order valence-corrected chi connectivity index (χ3v) is 3.22. The molecule has 0 spiro atoms. The predicted octanol–water partition coefficient (Wildman–Crippen LogP) is 2.28. The van der Waals surface area contributed by atoms with E-state index < -0.39 is 6.10 Å². The van der Waals surface area contributed by atoms with Gasteiger partial charge in [-0.1, -0.05) is 38.1 Å². The third-order valence-electron chi connectivity index (χ3n) is 3.22. The number of aliphatic hydroxyl groups is 1. The van der Waals surface area contributed by atoms with Crippen molar-refractivity contribution in [1.29, 1.82) is 0 Å². The molecule has 0 aliphatic carbocycles. The zero-order chi connectivity index (χ0) is 14.0. The molecule has 0 saturated carbocycles. The average molecular weight is 259 g/mol. The van der Waals surface area contributed by atoms with Gasteiger partial charge in [0, 0.05) is 12.6 Å². The van der Waals surface area contributed by atoms with Gasteiger partial charge in [0.25, 0.3) is 0 Å². The molecule has 1 atom stereocenters. The highest BCUT2D eigenvalue weighted by atomic mass is 16.3. The van der Waals surface area contributed by atoms with E-state index >= 15 is 0 Å². The van der Waals surface area contributed by atoms with Gasteiger partial charge in [0.05, 0.1) is 6.20 Å². The maximum atomic E-state index is 10.4. The number of hydrogen-bond donors (Lipinski definition) is 2. The van der Waals surface area contributed by atoms with Crippen LogP contribution in [0.3, 0.4) is 0 Å². The highest BCUT2D eigenvalue weighted by molar-refractivity contribution is 5.44. The maximum absolute atomic E-state index is 10.4. The molecule has 19 heavy (non-hydrogen) atoms. The first-order chi connectivity index (χ1) is 8.99. The van der Waals surface area contributed by atoms with Crippen LogP contribution in [0.4, 0.5) is 5.82 Å². The summed E-state index contributed by atoms with van der Waals surface area (Å²) in [6, 6.07) is 8.02. The number of nitrogen functional groups attached to an aromatic ring is 1. The van der Waals surface area contributed by atoms with E-state index in [0.29, 0.717) is 17.3 Å². The molecule has 1 aromatic heterocycles. The molecule has 2 aromatic rings.